The molecule has 0 spiro atoms. The lowest BCUT2D eigenvalue weighted by molar-refractivity contribution is -0.0972. The van der Waals surface area contributed by atoms with E-state index in [-0.39, 0.29) is 29.8 Å². The number of para-hydroxylation sites is 1. The molecule has 1 saturated heterocycles. The largest absolute Gasteiger partial charge is 0.507 e. The van der Waals surface area contributed by atoms with Crippen molar-refractivity contribution in [2.45, 2.75) is 32.1 Å². The number of benzene rings is 2. The van der Waals surface area contributed by atoms with Gasteiger partial charge in [-0.05, 0) is 49.8 Å². The van der Waals surface area contributed by atoms with Gasteiger partial charge in [-0.1, -0.05) is 24.3 Å². The van der Waals surface area contributed by atoms with Gasteiger partial charge in [-0.15, -0.1) is 0 Å². The molecule has 170 valence electrons. The Morgan fingerprint density at radius 3 is 2.38 bits per heavy atom. The van der Waals surface area contributed by atoms with E-state index in [0.29, 0.717) is 29.1 Å². The SMILES string of the molecule is COC(=O)c1ccc(C2CN(C(/C=C(\N)c3ccccc3O)=C(N)N)C(C)C(C)O2)cc1. The fourth-order valence-electron chi connectivity index (χ4n) is 3.74. The van der Waals surface area contributed by atoms with E-state index < -0.39 is 5.97 Å². The first-order valence-electron chi connectivity index (χ1n) is 10.3. The molecule has 0 aliphatic carbocycles. The quantitative estimate of drug-likeness (QED) is 0.413. The normalized spacial score (nSPS) is 21.2. The molecule has 3 atom stereocenters. The van der Waals surface area contributed by atoms with Crippen LogP contribution in [0.25, 0.3) is 5.70 Å². The molecule has 1 fully saturated rings. The molecule has 0 bridgehead atoms. The van der Waals surface area contributed by atoms with Gasteiger partial charge in [0, 0.05) is 17.8 Å². The Bertz CT molecular complexity index is 1030. The number of nitrogens with two attached hydrogens (primary N) is 3. The van der Waals surface area contributed by atoms with Crippen molar-refractivity contribution in [1.82, 2.24) is 4.90 Å². The van der Waals surface area contributed by atoms with Gasteiger partial charge in [0.2, 0.25) is 0 Å². The number of ether oxygens (including phenoxy) is 2. The topological polar surface area (TPSA) is 137 Å². The van der Waals surface area contributed by atoms with Gasteiger partial charge < -0.3 is 36.7 Å². The Morgan fingerprint density at radius 2 is 1.78 bits per heavy atom. The van der Waals surface area contributed by atoms with Crippen molar-refractivity contribution < 1.29 is 19.4 Å². The monoisotopic (exact) mass is 438 g/mol. The molecule has 1 heterocycles. The number of hydrogen-bond donors (Lipinski definition) is 4. The van der Waals surface area contributed by atoms with Gasteiger partial charge >= 0.3 is 5.97 Å². The Balaban J connectivity index is 1.92. The lowest BCUT2D eigenvalue weighted by Gasteiger charge is -2.44. The van der Waals surface area contributed by atoms with Crippen LogP contribution in [0.1, 0.15) is 41.4 Å². The van der Waals surface area contributed by atoms with Crippen LogP contribution in [0.4, 0.5) is 0 Å². The van der Waals surface area contributed by atoms with Crippen molar-refractivity contribution in [3.8, 4) is 5.75 Å². The number of phenols is 1. The molecular formula is C24H30N4O4. The first kappa shape index (κ1) is 23.0. The third-order valence-corrected chi connectivity index (χ3v) is 5.73. The van der Waals surface area contributed by atoms with E-state index in [0.717, 1.165) is 5.56 Å². The third kappa shape index (κ3) is 4.81. The fraction of sp³-hybridized carbons (Fsp3) is 0.292. The van der Waals surface area contributed by atoms with E-state index in [2.05, 4.69) is 4.90 Å². The highest BCUT2D eigenvalue weighted by Crippen LogP contribution is 2.33. The molecule has 0 aromatic heterocycles. The summed E-state index contributed by atoms with van der Waals surface area (Å²) < 4.78 is 11.0. The summed E-state index contributed by atoms with van der Waals surface area (Å²) in [7, 11) is 1.35. The second kappa shape index (κ2) is 9.65. The molecule has 2 aromatic carbocycles. The van der Waals surface area contributed by atoms with E-state index >= 15 is 0 Å². The summed E-state index contributed by atoms with van der Waals surface area (Å²) in [6.45, 7) is 4.47. The molecule has 1 aliphatic rings. The lowest BCUT2D eigenvalue weighted by Crippen LogP contribution is -2.49. The van der Waals surface area contributed by atoms with Crippen molar-refractivity contribution in [1.29, 1.82) is 0 Å². The average Bonchev–Trinajstić information content (AvgIpc) is 2.79. The van der Waals surface area contributed by atoms with Crippen LogP contribution >= 0.6 is 0 Å². The first-order chi connectivity index (χ1) is 15.2. The number of morpholine rings is 1. The predicted octanol–water partition coefficient (Wildman–Crippen LogP) is 2.42. The number of methoxy groups -OCH3 is 1. The van der Waals surface area contributed by atoms with Gasteiger partial charge in [-0.3, -0.25) is 0 Å². The van der Waals surface area contributed by atoms with Crippen LogP contribution in [0.5, 0.6) is 5.75 Å². The van der Waals surface area contributed by atoms with E-state index in [9.17, 15) is 9.90 Å². The second-order valence-electron chi connectivity index (χ2n) is 7.79. The number of esters is 1. The van der Waals surface area contributed by atoms with E-state index in [4.69, 9.17) is 26.7 Å². The Hall–Kier alpha value is -3.65. The van der Waals surface area contributed by atoms with Crippen molar-refractivity contribution in [3.63, 3.8) is 0 Å². The molecule has 3 unspecified atom stereocenters. The molecule has 0 amide bonds. The summed E-state index contributed by atoms with van der Waals surface area (Å²) in [5.74, 6) is -0.206. The molecule has 0 radical (unpaired) electrons. The lowest BCUT2D eigenvalue weighted by atomic mass is 10.0. The van der Waals surface area contributed by atoms with Gasteiger partial charge in [0.25, 0.3) is 0 Å². The predicted molar refractivity (Wildman–Crippen MR) is 123 cm³/mol. The maximum absolute atomic E-state index is 11.7. The number of carbonyl (C=O) groups is 1. The highest BCUT2D eigenvalue weighted by atomic mass is 16.5. The Labute approximate surface area is 187 Å². The molecule has 2 aromatic rings. The van der Waals surface area contributed by atoms with Gasteiger partial charge in [0.05, 0.1) is 30.5 Å². The summed E-state index contributed by atoms with van der Waals surface area (Å²) in [4.78, 5) is 13.8. The van der Waals surface area contributed by atoms with E-state index in [1.54, 1.807) is 42.5 Å². The smallest absolute Gasteiger partial charge is 0.337 e. The molecule has 8 heteroatoms. The highest BCUT2D eigenvalue weighted by Gasteiger charge is 2.34. The standard InChI is InChI=1S/C24H30N4O4/c1-14-15(2)32-22(16-8-10-17(11-9-16)24(30)31-3)13-28(14)20(23(26)27)12-19(25)18-6-4-5-7-21(18)29/h4-12,14-15,22,29H,13,25-27H2,1-3H3/b19-12-. The molecule has 32 heavy (non-hydrogen) atoms. The molecule has 0 saturated carbocycles. The first-order valence-corrected chi connectivity index (χ1v) is 10.3. The van der Waals surface area contributed by atoms with Crippen LogP contribution in [0.2, 0.25) is 0 Å². The zero-order chi connectivity index (χ0) is 23.4. The minimum Gasteiger partial charge on any atom is -0.507 e. The Kier molecular flexibility index (Phi) is 6.95. The minimum atomic E-state index is -0.393. The number of rotatable bonds is 5. The van der Waals surface area contributed by atoms with Crippen LogP contribution in [-0.4, -0.2) is 41.8 Å². The van der Waals surface area contributed by atoms with Crippen molar-refractivity contribution in [2.75, 3.05) is 13.7 Å². The average molecular weight is 439 g/mol. The van der Waals surface area contributed by atoms with Crippen molar-refractivity contribution >= 4 is 11.7 Å². The summed E-state index contributed by atoms with van der Waals surface area (Å²) in [6, 6.07) is 13.9. The summed E-state index contributed by atoms with van der Waals surface area (Å²) in [6.07, 6.45) is 1.27. The maximum atomic E-state index is 11.7. The van der Waals surface area contributed by atoms with Crippen LogP contribution < -0.4 is 17.2 Å². The van der Waals surface area contributed by atoms with Gasteiger partial charge in [0.15, 0.2) is 0 Å². The van der Waals surface area contributed by atoms with Crippen LogP contribution in [0.15, 0.2) is 66.1 Å². The maximum Gasteiger partial charge on any atom is 0.337 e. The zero-order valence-corrected chi connectivity index (χ0v) is 18.5. The van der Waals surface area contributed by atoms with E-state index in [1.807, 2.05) is 26.0 Å². The Morgan fingerprint density at radius 1 is 1.12 bits per heavy atom. The number of carbonyl (C=O) groups excluding carboxylic acids is 1. The minimum absolute atomic E-state index is 0.0360. The summed E-state index contributed by atoms with van der Waals surface area (Å²) in [5, 5.41) is 10.1. The zero-order valence-electron chi connectivity index (χ0n) is 18.5. The van der Waals surface area contributed by atoms with Crippen LogP contribution in [0.3, 0.4) is 0 Å². The highest BCUT2D eigenvalue weighted by molar-refractivity contribution is 5.89. The van der Waals surface area contributed by atoms with Crippen molar-refractivity contribution in [3.05, 3.63) is 82.8 Å². The number of phenolic OH excluding ortho intramolecular Hbond substituents is 1. The van der Waals surface area contributed by atoms with Crippen molar-refractivity contribution in [2.24, 2.45) is 17.2 Å². The van der Waals surface area contributed by atoms with Crippen LogP contribution in [0, 0.1) is 0 Å². The molecule has 3 rings (SSSR count). The summed E-state index contributed by atoms with van der Waals surface area (Å²) >= 11 is 0. The molecular weight excluding hydrogens is 408 g/mol. The third-order valence-electron chi connectivity index (χ3n) is 5.73. The fourth-order valence-corrected chi connectivity index (χ4v) is 3.74. The summed E-state index contributed by atoms with van der Waals surface area (Å²) in [5.41, 5.74) is 21.2. The number of allylic oxidation sites excluding steroid dienone is 1. The van der Waals surface area contributed by atoms with Gasteiger partial charge in [-0.2, -0.15) is 0 Å². The number of nitrogens with zero attached hydrogens (tertiary/aromatic N) is 1. The molecule has 8 nitrogen and oxygen atoms in total. The van der Waals surface area contributed by atoms with E-state index in [1.165, 1.54) is 7.11 Å². The number of hydrogen-bond acceptors (Lipinski definition) is 8. The van der Waals surface area contributed by atoms with Gasteiger partial charge in [-0.25, -0.2) is 4.79 Å². The molecule has 7 N–H and O–H groups in total. The molecule has 1 aliphatic heterocycles. The number of aromatic hydroxyl groups is 1. The van der Waals surface area contributed by atoms with Gasteiger partial charge in [0.1, 0.15) is 17.7 Å². The van der Waals surface area contributed by atoms with Crippen LogP contribution in [-0.2, 0) is 9.47 Å². The second-order valence-corrected chi connectivity index (χ2v) is 7.79.